The highest BCUT2D eigenvalue weighted by Gasteiger charge is 2.10. The first kappa shape index (κ1) is 17.2. The third kappa shape index (κ3) is 4.67. The number of amides is 1. The average molecular weight is 352 g/mol. The Morgan fingerprint density at radius 1 is 1.12 bits per heavy atom. The molecule has 3 rings (SSSR count). The molecule has 0 saturated carbocycles. The predicted molar refractivity (Wildman–Crippen MR) is 102 cm³/mol. The number of aromatic nitrogens is 1. The van der Waals surface area contributed by atoms with E-state index in [0.717, 1.165) is 16.3 Å². The van der Waals surface area contributed by atoms with Crippen molar-refractivity contribution in [1.29, 1.82) is 0 Å². The van der Waals surface area contributed by atoms with Crippen LogP contribution in [0.2, 0.25) is 0 Å². The molecule has 0 atom stereocenters. The number of thiazole rings is 1. The lowest BCUT2D eigenvalue weighted by atomic mass is 10.2. The van der Waals surface area contributed by atoms with Crippen LogP contribution in [-0.2, 0) is 11.2 Å². The van der Waals surface area contributed by atoms with Crippen LogP contribution >= 0.6 is 11.3 Å². The molecule has 5 heteroatoms. The Labute approximate surface area is 151 Å². The Bertz CT molecular complexity index is 830. The molecule has 1 amide bonds. The van der Waals surface area contributed by atoms with E-state index in [4.69, 9.17) is 4.74 Å². The lowest BCUT2D eigenvalue weighted by Crippen LogP contribution is -2.13. The van der Waals surface area contributed by atoms with E-state index in [2.05, 4.69) is 10.3 Å². The summed E-state index contributed by atoms with van der Waals surface area (Å²) in [5.41, 5.74) is 2.77. The molecule has 0 bridgehead atoms. The van der Waals surface area contributed by atoms with Crippen molar-refractivity contribution >= 4 is 22.9 Å². The number of benzene rings is 2. The highest BCUT2D eigenvalue weighted by atomic mass is 32.1. The summed E-state index contributed by atoms with van der Waals surface area (Å²) in [5.74, 6) is 0.655. The van der Waals surface area contributed by atoms with Gasteiger partial charge in [-0.3, -0.25) is 4.79 Å². The van der Waals surface area contributed by atoms with Gasteiger partial charge in [0.2, 0.25) is 5.91 Å². The maximum absolute atomic E-state index is 12.2. The highest BCUT2D eigenvalue weighted by molar-refractivity contribution is 7.09. The standard InChI is InChI=1S/C20H20N2O2S/c1-2-24-18-11-7-6-10-16(18)21-19(23)12-13-20-22-17(14-25-20)15-8-4-3-5-9-15/h3-11,14H,2,12-13H2,1H3,(H,21,23). The molecule has 0 fully saturated rings. The van der Waals surface area contributed by atoms with Crippen LogP contribution in [0, 0.1) is 0 Å². The second-order valence-electron chi connectivity index (χ2n) is 5.47. The van der Waals surface area contributed by atoms with Gasteiger partial charge in [0.15, 0.2) is 0 Å². The quantitative estimate of drug-likeness (QED) is 0.666. The summed E-state index contributed by atoms with van der Waals surface area (Å²) in [5, 5.41) is 5.92. The van der Waals surface area contributed by atoms with Gasteiger partial charge < -0.3 is 10.1 Å². The number of ether oxygens (including phenoxy) is 1. The Hall–Kier alpha value is -2.66. The number of aryl methyl sites for hydroxylation is 1. The molecule has 0 aliphatic heterocycles. The molecule has 0 aliphatic rings. The van der Waals surface area contributed by atoms with Crippen LogP contribution < -0.4 is 10.1 Å². The average Bonchev–Trinajstić information content (AvgIpc) is 3.12. The van der Waals surface area contributed by atoms with Gasteiger partial charge in [-0.25, -0.2) is 4.98 Å². The minimum Gasteiger partial charge on any atom is -0.492 e. The molecular weight excluding hydrogens is 332 g/mol. The molecule has 1 heterocycles. The van der Waals surface area contributed by atoms with Crippen LogP contribution in [0.4, 0.5) is 5.69 Å². The molecule has 0 radical (unpaired) electrons. The minimum atomic E-state index is -0.0383. The van der Waals surface area contributed by atoms with Crippen molar-refractivity contribution in [2.45, 2.75) is 19.8 Å². The largest absolute Gasteiger partial charge is 0.492 e. The van der Waals surface area contributed by atoms with Gasteiger partial charge in [-0.15, -0.1) is 11.3 Å². The molecule has 128 valence electrons. The number of para-hydroxylation sites is 2. The lowest BCUT2D eigenvalue weighted by Gasteiger charge is -2.10. The smallest absolute Gasteiger partial charge is 0.224 e. The van der Waals surface area contributed by atoms with Crippen LogP contribution in [0.15, 0.2) is 60.0 Å². The maximum atomic E-state index is 12.2. The number of rotatable bonds is 7. The Balaban J connectivity index is 1.57. The molecule has 0 spiro atoms. The molecule has 1 N–H and O–H groups in total. The molecule has 2 aromatic carbocycles. The third-order valence-electron chi connectivity index (χ3n) is 3.65. The molecule has 1 aromatic heterocycles. The first-order chi connectivity index (χ1) is 12.3. The molecule has 0 unspecified atom stereocenters. The fraction of sp³-hybridized carbons (Fsp3) is 0.200. The van der Waals surface area contributed by atoms with E-state index in [1.165, 1.54) is 0 Å². The van der Waals surface area contributed by atoms with E-state index >= 15 is 0 Å². The zero-order valence-electron chi connectivity index (χ0n) is 14.1. The van der Waals surface area contributed by atoms with Gasteiger partial charge in [0.05, 0.1) is 23.0 Å². The SMILES string of the molecule is CCOc1ccccc1NC(=O)CCc1nc(-c2ccccc2)cs1. The summed E-state index contributed by atoms with van der Waals surface area (Å²) in [6, 6.07) is 17.5. The van der Waals surface area contributed by atoms with E-state index in [-0.39, 0.29) is 5.91 Å². The molecule has 0 saturated heterocycles. The van der Waals surface area contributed by atoms with E-state index in [0.29, 0.717) is 30.9 Å². The van der Waals surface area contributed by atoms with Crippen molar-refractivity contribution in [2.24, 2.45) is 0 Å². The van der Waals surface area contributed by atoms with Gasteiger partial charge in [0.1, 0.15) is 5.75 Å². The van der Waals surface area contributed by atoms with Crippen LogP contribution in [0.1, 0.15) is 18.4 Å². The highest BCUT2D eigenvalue weighted by Crippen LogP contribution is 2.25. The van der Waals surface area contributed by atoms with Crippen LogP contribution in [-0.4, -0.2) is 17.5 Å². The van der Waals surface area contributed by atoms with E-state index in [1.807, 2.05) is 66.9 Å². The van der Waals surface area contributed by atoms with Gasteiger partial charge in [-0.05, 0) is 19.1 Å². The lowest BCUT2D eigenvalue weighted by molar-refractivity contribution is -0.116. The Kier molecular flexibility index (Phi) is 5.80. The normalized spacial score (nSPS) is 10.4. The van der Waals surface area contributed by atoms with E-state index < -0.39 is 0 Å². The third-order valence-corrected chi connectivity index (χ3v) is 4.56. The fourth-order valence-corrected chi connectivity index (χ4v) is 3.26. The van der Waals surface area contributed by atoms with Crippen LogP contribution in [0.25, 0.3) is 11.3 Å². The van der Waals surface area contributed by atoms with Crippen molar-refractivity contribution in [1.82, 2.24) is 4.98 Å². The Morgan fingerprint density at radius 3 is 2.68 bits per heavy atom. The first-order valence-corrected chi connectivity index (χ1v) is 9.15. The second kappa shape index (κ2) is 8.44. The summed E-state index contributed by atoms with van der Waals surface area (Å²) in [4.78, 5) is 16.8. The topological polar surface area (TPSA) is 51.2 Å². The fourth-order valence-electron chi connectivity index (χ4n) is 2.45. The van der Waals surface area contributed by atoms with E-state index in [9.17, 15) is 4.79 Å². The van der Waals surface area contributed by atoms with Crippen molar-refractivity contribution < 1.29 is 9.53 Å². The van der Waals surface area contributed by atoms with Crippen LogP contribution in [0.3, 0.4) is 0 Å². The summed E-state index contributed by atoms with van der Waals surface area (Å²) >= 11 is 1.59. The van der Waals surface area contributed by atoms with Crippen molar-refractivity contribution in [3.8, 4) is 17.0 Å². The number of nitrogens with one attached hydrogen (secondary N) is 1. The summed E-state index contributed by atoms with van der Waals surface area (Å²) in [6.07, 6.45) is 1.02. The molecule has 4 nitrogen and oxygen atoms in total. The Morgan fingerprint density at radius 2 is 1.88 bits per heavy atom. The van der Waals surface area contributed by atoms with Gasteiger partial charge in [-0.2, -0.15) is 0 Å². The van der Waals surface area contributed by atoms with Gasteiger partial charge in [-0.1, -0.05) is 42.5 Å². The first-order valence-electron chi connectivity index (χ1n) is 8.27. The monoisotopic (exact) mass is 352 g/mol. The number of carbonyl (C=O) groups excluding carboxylic acids is 1. The second-order valence-corrected chi connectivity index (χ2v) is 6.41. The van der Waals surface area contributed by atoms with Crippen molar-refractivity contribution in [3.63, 3.8) is 0 Å². The molecular formula is C20H20N2O2S. The van der Waals surface area contributed by atoms with Gasteiger partial charge >= 0.3 is 0 Å². The van der Waals surface area contributed by atoms with E-state index in [1.54, 1.807) is 11.3 Å². The predicted octanol–water partition coefficient (Wildman–Crippen LogP) is 4.78. The summed E-state index contributed by atoms with van der Waals surface area (Å²) < 4.78 is 5.53. The molecule has 25 heavy (non-hydrogen) atoms. The zero-order valence-corrected chi connectivity index (χ0v) is 14.9. The zero-order chi connectivity index (χ0) is 17.5. The maximum Gasteiger partial charge on any atom is 0.224 e. The number of nitrogens with zero attached hydrogens (tertiary/aromatic N) is 1. The number of hydrogen-bond acceptors (Lipinski definition) is 4. The number of anilines is 1. The van der Waals surface area contributed by atoms with Crippen LogP contribution in [0.5, 0.6) is 5.75 Å². The van der Waals surface area contributed by atoms with Crippen molar-refractivity contribution in [3.05, 3.63) is 65.0 Å². The minimum absolute atomic E-state index is 0.0383. The van der Waals surface area contributed by atoms with Gasteiger partial charge in [0, 0.05) is 23.8 Å². The van der Waals surface area contributed by atoms with Crippen molar-refractivity contribution in [2.75, 3.05) is 11.9 Å². The van der Waals surface area contributed by atoms with Gasteiger partial charge in [0.25, 0.3) is 0 Å². The summed E-state index contributed by atoms with van der Waals surface area (Å²) in [6.45, 7) is 2.49. The number of hydrogen-bond donors (Lipinski definition) is 1. The number of carbonyl (C=O) groups is 1. The molecule has 3 aromatic rings. The molecule has 0 aliphatic carbocycles. The summed E-state index contributed by atoms with van der Waals surface area (Å²) in [7, 11) is 0.